The molecule has 0 bridgehead atoms. The third kappa shape index (κ3) is 8.05. The second kappa shape index (κ2) is 10.0. The van der Waals surface area contributed by atoms with Crippen molar-refractivity contribution in [2.45, 2.75) is 38.8 Å². The van der Waals surface area contributed by atoms with Gasteiger partial charge in [-0.25, -0.2) is 0 Å². The molecule has 16 heavy (non-hydrogen) atoms. The molecule has 0 saturated carbocycles. The van der Waals surface area contributed by atoms with E-state index in [0.717, 1.165) is 13.1 Å². The Morgan fingerprint density at radius 1 is 1.44 bits per heavy atom. The van der Waals surface area contributed by atoms with Gasteiger partial charge in [-0.1, -0.05) is 13.3 Å². The van der Waals surface area contributed by atoms with Gasteiger partial charge < -0.3 is 20.1 Å². The maximum absolute atomic E-state index is 9.79. The number of hydrogen-bond acceptors (Lipinski definition) is 4. The summed E-state index contributed by atoms with van der Waals surface area (Å²) in [5, 5.41) is 13.0. The molecule has 0 aliphatic heterocycles. The van der Waals surface area contributed by atoms with E-state index in [1.807, 2.05) is 0 Å². The molecule has 0 saturated heterocycles. The van der Waals surface area contributed by atoms with Crippen molar-refractivity contribution < 1.29 is 9.84 Å². The Morgan fingerprint density at radius 2 is 2.12 bits per heavy atom. The number of nitrogens with zero attached hydrogens (tertiary/aromatic N) is 1. The molecule has 0 rings (SSSR count). The second-order valence-corrected chi connectivity index (χ2v) is 4.43. The molecule has 0 heterocycles. The van der Waals surface area contributed by atoms with Crippen molar-refractivity contribution in [3.05, 3.63) is 0 Å². The van der Waals surface area contributed by atoms with E-state index in [1.165, 1.54) is 12.8 Å². The van der Waals surface area contributed by atoms with Crippen LogP contribution < -0.4 is 5.32 Å². The highest BCUT2D eigenvalue weighted by molar-refractivity contribution is 4.69. The standard InChI is InChI=1S/C12H28N2O2/c1-5-6-11(2)14(3)10-12(15)9-13-7-8-16-4/h11-13,15H,5-10H2,1-4H3. The number of rotatable bonds is 10. The minimum absolute atomic E-state index is 0.304. The molecular weight excluding hydrogens is 204 g/mol. The van der Waals surface area contributed by atoms with E-state index in [9.17, 15) is 5.11 Å². The first-order chi connectivity index (χ1) is 7.61. The fourth-order valence-electron chi connectivity index (χ4n) is 1.66. The molecule has 0 radical (unpaired) electrons. The highest BCUT2D eigenvalue weighted by Crippen LogP contribution is 2.04. The van der Waals surface area contributed by atoms with Gasteiger partial charge in [0.25, 0.3) is 0 Å². The molecule has 2 N–H and O–H groups in total. The number of hydrogen-bond donors (Lipinski definition) is 2. The highest BCUT2D eigenvalue weighted by Gasteiger charge is 2.12. The summed E-state index contributed by atoms with van der Waals surface area (Å²) in [5.74, 6) is 0. The lowest BCUT2D eigenvalue weighted by molar-refractivity contribution is 0.102. The first kappa shape index (κ1) is 15.8. The fraction of sp³-hybridized carbons (Fsp3) is 1.00. The Hall–Kier alpha value is -0.160. The normalized spacial score (nSPS) is 15.4. The van der Waals surface area contributed by atoms with Crippen LogP contribution in [0.5, 0.6) is 0 Å². The van der Waals surface area contributed by atoms with Gasteiger partial charge in [0, 0.05) is 32.8 Å². The van der Waals surface area contributed by atoms with Crippen LogP contribution in [0.3, 0.4) is 0 Å². The number of likely N-dealkylation sites (N-methyl/N-ethyl adjacent to an activating group) is 1. The van der Waals surface area contributed by atoms with Crippen LogP contribution in [0.15, 0.2) is 0 Å². The lowest BCUT2D eigenvalue weighted by Crippen LogP contribution is -2.40. The Kier molecular flexibility index (Phi) is 9.92. The summed E-state index contributed by atoms with van der Waals surface area (Å²) < 4.78 is 4.92. The van der Waals surface area contributed by atoms with Crippen LogP contribution in [-0.4, -0.2) is 62.6 Å². The highest BCUT2D eigenvalue weighted by atomic mass is 16.5. The Morgan fingerprint density at radius 3 is 2.69 bits per heavy atom. The maximum atomic E-state index is 9.79. The van der Waals surface area contributed by atoms with Crippen molar-refractivity contribution >= 4 is 0 Å². The summed E-state index contributed by atoms with van der Waals surface area (Å²) in [7, 11) is 3.75. The fourth-order valence-corrected chi connectivity index (χ4v) is 1.66. The topological polar surface area (TPSA) is 44.7 Å². The molecule has 0 aromatic rings. The van der Waals surface area contributed by atoms with Crippen molar-refractivity contribution in [1.29, 1.82) is 0 Å². The number of ether oxygens (including phenoxy) is 1. The van der Waals surface area contributed by atoms with E-state index in [4.69, 9.17) is 4.74 Å². The number of methoxy groups -OCH3 is 1. The molecule has 0 aromatic carbocycles. The lowest BCUT2D eigenvalue weighted by atomic mass is 10.1. The maximum Gasteiger partial charge on any atom is 0.0791 e. The average molecular weight is 232 g/mol. The van der Waals surface area contributed by atoms with Crippen molar-refractivity contribution in [3.63, 3.8) is 0 Å². The van der Waals surface area contributed by atoms with Crippen LogP contribution in [0.2, 0.25) is 0 Å². The summed E-state index contributed by atoms with van der Waals surface area (Å²) >= 11 is 0. The van der Waals surface area contributed by atoms with Gasteiger partial charge in [-0.15, -0.1) is 0 Å². The summed E-state index contributed by atoms with van der Waals surface area (Å²) in [6, 6.07) is 0.540. The van der Waals surface area contributed by atoms with Crippen LogP contribution >= 0.6 is 0 Å². The van der Waals surface area contributed by atoms with E-state index < -0.39 is 0 Å². The van der Waals surface area contributed by atoms with Gasteiger partial charge in [-0.3, -0.25) is 0 Å². The zero-order chi connectivity index (χ0) is 12.4. The van der Waals surface area contributed by atoms with Crippen molar-refractivity contribution in [1.82, 2.24) is 10.2 Å². The molecule has 0 fully saturated rings. The van der Waals surface area contributed by atoms with Crippen LogP contribution in [0.1, 0.15) is 26.7 Å². The molecule has 0 aromatic heterocycles. The molecule has 0 aliphatic rings. The second-order valence-electron chi connectivity index (χ2n) is 4.43. The molecule has 0 spiro atoms. The molecule has 0 aliphatic carbocycles. The van der Waals surface area contributed by atoms with Crippen LogP contribution in [0, 0.1) is 0 Å². The molecular formula is C12H28N2O2. The van der Waals surface area contributed by atoms with Gasteiger partial charge in [0.15, 0.2) is 0 Å². The van der Waals surface area contributed by atoms with Gasteiger partial charge in [0.2, 0.25) is 0 Å². The Balaban J connectivity index is 3.56. The summed E-state index contributed by atoms with van der Waals surface area (Å²) in [6.07, 6.45) is 2.06. The quantitative estimate of drug-likeness (QED) is 0.544. The van der Waals surface area contributed by atoms with Crippen LogP contribution in [0.4, 0.5) is 0 Å². The van der Waals surface area contributed by atoms with E-state index in [0.29, 0.717) is 19.2 Å². The van der Waals surface area contributed by atoms with Crippen LogP contribution in [-0.2, 0) is 4.74 Å². The largest absolute Gasteiger partial charge is 0.390 e. The predicted octanol–water partition coefficient (Wildman–Crippen LogP) is 0.704. The first-order valence-electron chi connectivity index (χ1n) is 6.19. The number of aliphatic hydroxyl groups is 1. The zero-order valence-electron chi connectivity index (χ0n) is 11.2. The molecule has 2 unspecified atom stereocenters. The average Bonchev–Trinajstić information content (AvgIpc) is 2.24. The smallest absolute Gasteiger partial charge is 0.0791 e. The van der Waals surface area contributed by atoms with Gasteiger partial charge in [-0.05, 0) is 20.4 Å². The van der Waals surface area contributed by atoms with Gasteiger partial charge >= 0.3 is 0 Å². The lowest BCUT2D eigenvalue weighted by Gasteiger charge is -2.26. The third-order valence-corrected chi connectivity index (χ3v) is 2.82. The SMILES string of the molecule is CCCC(C)N(C)CC(O)CNCCOC. The first-order valence-corrected chi connectivity index (χ1v) is 6.19. The molecule has 4 heteroatoms. The van der Waals surface area contributed by atoms with Gasteiger partial charge in [0.05, 0.1) is 12.7 Å². The van der Waals surface area contributed by atoms with Gasteiger partial charge in [-0.2, -0.15) is 0 Å². The molecule has 4 nitrogen and oxygen atoms in total. The van der Waals surface area contributed by atoms with Crippen LogP contribution in [0.25, 0.3) is 0 Å². The minimum Gasteiger partial charge on any atom is -0.390 e. The summed E-state index contributed by atoms with van der Waals surface area (Å²) in [4.78, 5) is 2.21. The monoisotopic (exact) mass is 232 g/mol. The molecule has 98 valence electrons. The number of nitrogens with one attached hydrogen (secondary N) is 1. The number of aliphatic hydroxyl groups excluding tert-OH is 1. The predicted molar refractivity (Wildman–Crippen MR) is 67.8 cm³/mol. The van der Waals surface area contributed by atoms with Crippen molar-refractivity contribution in [2.24, 2.45) is 0 Å². The zero-order valence-corrected chi connectivity index (χ0v) is 11.2. The van der Waals surface area contributed by atoms with Gasteiger partial charge in [0.1, 0.15) is 0 Å². The van der Waals surface area contributed by atoms with Crippen molar-refractivity contribution in [2.75, 3.05) is 40.4 Å². The molecule has 0 amide bonds. The Bertz CT molecular complexity index is 156. The van der Waals surface area contributed by atoms with Crippen molar-refractivity contribution in [3.8, 4) is 0 Å². The summed E-state index contributed by atoms with van der Waals surface area (Å²) in [5.41, 5.74) is 0. The third-order valence-electron chi connectivity index (χ3n) is 2.82. The van der Waals surface area contributed by atoms with E-state index in [2.05, 4.69) is 31.1 Å². The molecule has 2 atom stereocenters. The van der Waals surface area contributed by atoms with E-state index in [-0.39, 0.29) is 6.10 Å². The van der Waals surface area contributed by atoms with E-state index >= 15 is 0 Å². The Labute approximate surface area is 100.0 Å². The van der Waals surface area contributed by atoms with E-state index in [1.54, 1.807) is 7.11 Å². The minimum atomic E-state index is -0.304. The summed E-state index contributed by atoms with van der Waals surface area (Å²) in [6.45, 7) is 7.23.